The number of amides is 1. The van der Waals surface area contributed by atoms with Crippen LogP contribution in [-0.4, -0.2) is 29.6 Å². The fraction of sp³-hybridized carbons (Fsp3) is 0.125. The van der Waals surface area contributed by atoms with Crippen LogP contribution in [-0.2, 0) is 9.59 Å². The van der Waals surface area contributed by atoms with E-state index in [0.717, 1.165) is 11.1 Å². The molecule has 1 amide bonds. The second-order valence-electron chi connectivity index (χ2n) is 7.25. The topological polar surface area (TPSA) is 111 Å². The molecule has 0 N–H and O–H groups in total. The molecule has 1 heterocycles. The van der Waals surface area contributed by atoms with Crippen molar-refractivity contribution in [3.63, 3.8) is 0 Å². The highest BCUT2D eigenvalue weighted by Gasteiger charge is 2.41. The number of non-ortho nitro benzene ring substituents is 1. The first-order valence-electron chi connectivity index (χ1n) is 9.97. The van der Waals surface area contributed by atoms with Gasteiger partial charge in [-0.3, -0.25) is 19.7 Å². The van der Waals surface area contributed by atoms with E-state index in [2.05, 4.69) is 5.10 Å². The van der Waals surface area contributed by atoms with E-state index >= 15 is 0 Å². The lowest BCUT2D eigenvalue weighted by Gasteiger charge is -2.17. The number of esters is 1. The Kier molecular flexibility index (Phi) is 5.86. The number of hydrogen-bond donors (Lipinski definition) is 0. The number of ether oxygens (including phenoxy) is 2. The first-order chi connectivity index (χ1) is 15.9. The Morgan fingerprint density at radius 3 is 2.39 bits per heavy atom. The van der Waals surface area contributed by atoms with Gasteiger partial charge in [0.25, 0.3) is 11.6 Å². The largest absolute Gasteiger partial charge is 0.496 e. The van der Waals surface area contributed by atoms with Crippen molar-refractivity contribution in [2.75, 3.05) is 12.1 Å². The summed E-state index contributed by atoms with van der Waals surface area (Å²) in [4.78, 5) is 36.0. The van der Waals surface area contributed by atoms with E-state index in [1.807, 2.05) is 30.3 Å². The van der Waals surface area contributed by atoms with Gasteiger partial charge in [-0.2, -0.15) is 10.1 Å². The fourth-order valence-corrected chi connectivity index (χ4v) is 3.50. The number of methoxy groups -OCH3 is 1. The van der Waals surface area contributed by atoms with Crippen molar-refractivity contribution in [3.8, 4) is 22.6 Å². The second-order valence-corrected chi connectivity index (χ2v) is 7.25. The number of hydrazone groups is 1. The number of nitrogens with zero attached hydrogens (tertiary/aromatic N) is 3. The highest BCUT2D eigenvalue weighted by atomic mass is 16.6. The first kappa shape index (κ1) is 21.7. The van der Waals surface area contributed by atoms with Crippen LogP contribution in [0.2, 0.25) is 0 Å². The molecule has 1 aliphatic rings. The van der Waals surface area contributed by atoms with Crippen LogP contribution in [0.4, 0.5) is 11.4 Å². The number of hydrogen-bond acceptors (Lipinski definition) is 7. The minimum Gasteiger partial charge on any atom is -0.496 e. The summed E-state index contributed by atoms with van der Waals surface area (Å²) in [6, 6.07) is 19.8. The first-order valence-corrected chi connectivity index (χ1v) is 9.97. The monoisotopic (exact) mass is 445 g/mol. The molecular formula is C24H19N3O6. The zero-order chi connectivity index (χ0) is 23.5. The van der Waals surface area contributed by atoms with E-state index in [-0.39, 0.29) is 17.1 Å². The van der Waals surface area contributed by atoms with Gasteiger partial charge in [-0.25, -0.2) is 0 Å². The third-order valence-electron chi connectivity index (χ3n) is 5.15. The Morgan fingerprint density at radius 1 is 1.06 bits per heavy atom. The Bertz CT molecular complexity index is 1250. The van der Waals surface area contributed by atoms with Crippen LogP contribution >= 0.6 is 0 Å². The molecule has 0 saturated carbocycles. The van der Waals surface area contributed by atoms with E-state index < -0.39 is 22.7 Å². The number of nitro groups is 1. The third-order valence-corrected chi connectivity index (χ3v) is 5.15. The van der Waals surface area contributed by atoms with Crippen molar-refractivity contribution >= 4 is 29.0 Å². The van der Waals surface area contributed by atoms with Crippen molar-refractivity contribution in [2.45, 2.75) is 6.92 Å². The van der Waals surface area contributed by atoms with Crippen molar-refractivity contribution in [3.05, 3.63) is 82.9 Å². The van der Waals surface area contributed by atoms with Crippen molar-refractivity contribution in [1.82, 2.24) is 0 Å². The number of carbonyl (C=O) groups is 2. The molecule has 1 atom stereocenters. The molecular weight excluding hydrogens is 426 g/mol. The second kappa shape index (κ2) is 8.91. The van der Waals surface area contributed by atoms with Gasteiger partial charge in [0, 0.05) is 17.7 Å². The number of nitro benzene ring substituents is 1. The Labute approximate surface area is 189 Å². The molecule has 9 nitrogen and oxygen atoms in total. The van der Waals surface area contributed by atoms with Gasteiger partial charge in [0.05, 0.1) is 23.4 Å². The Morgan fingerprint density at radius 2 is 1.76 bits per heavy atom. The summed E-state index contributed by atoms with van der Waals surface area (Å²) in [7, 11) is 1.56. The molecule has 3 aromatic rings. The Hall–Kier alpha value is -4.53. The Balaban J connectivity index is 1.57. The zero-order valence-corrected chi connectivity index (χ0v) is 17.8. The molecule has 1 unspecified atom stereocenters. The summed E-state index contributed by atoms with van der Waals surface area (Å²) in [5.74, 6) is -1.85. The van der Waals surface area contributed by atoms with Crippen LogP contribution in [0.3, 0.4) is 0 Å². The van der Waals surface area contributed by atoms with Gasteiger partial charge in [-0.15, -0.1) is 0 Å². The van der Waals surface area contributed by atoms with E-state index in [1.54, 1.807) is 32.2 Å². The number of carbonyl (C=O) groups excluding carboxylic acids is 2. The van der Waals surface area contributed by atoms with Gasteiger partial charge in [-0.1, -0.05) is 30.3 Å². The minimum absolute atomic E-state index is 0.0976. The van der Waals surface area contributed by atoms with Gasteiger partial charge in [0.15, 0.2) is 5.92 Å². The molecule has 3 aromatic carbocycles. The molecule has 0 aromatic heterocycles. The van der Waals surface area contributed by atoms with E-state index in [4.69, 9.17) is 9.47 Å². The lowest BCUT2D eigenvalue weighted by atomic mass is 10.0. The maximum Gasteiger partial charge on any atom is 0.329 e. The molecule has 0 saturated heterocycles. The van der Waals surface area contributed by atoms with E-state index in [0.29, 0.717) is 11.4 Å². The number of benzene rings is 3. The van der Waals surface area contributed by atoms with Crippen LogP contribution in [0.25, 0.3) is 11.1 Å². The molecule has 0 spiro atoms. The predicted molar refractivity (Wildman–Crippen MR) is 121 cm³/mol. The average Bonchev–Trinajstić information content (AvgIpc) is 3.13. The molecule has 1 aliphatic heterocycles. The summed E-state index contributed by atoms with van der Waals surface area (Å²) in [6.07, 6.45) is 0. The van der Waals surface area contributed by atoms with Crippen LogP contribution in [0.1, 0.15) is 6.92 Å². The molecule has 9 heteroatoms. The molecule has 4 rings (SSSR count). The summed E-state index contributed by atoms with van der Waals surface area (Å²) in [6.45, 7) is 1.57. The van der Waals surface area contributed by atoms with Crippen molar-refractivity contribution in [2.24, 2.45) is 11.0 Å². The minimum atomic E-state index is -1.22. The van der Waals surface area contributed by atoms with Crippen molar-refractivity contribution in [1.29, 1.82) is 0 Å². The molecule has 0 fully saturated rings. The van der Waals surface area contributed by atoms with Gasteiger partial charge in [0.2, 0.25) is 0 Å². The lowest BCUT2D eigenvalue weighted by Crippen LogP contribution is -2.35. The highest BCUT2D eigenvalue weighted by Crippen LogP contribution is 2.35. The van der Waals surface area contributed by atoms with Crippen LogP contribution in [0.5, 0.6) is 11.5 Å². The van der Waals surface area contributed by atoms with Gasteiger partial charge in [-0.05, 0) is 42.8 Å². The van der Waals surface area contributed by atoms with Gasteiger partial charge >= 0.3 is 5.97 Å². The van der Waals surface area contributed by atoms with Crippen molar-refractivity contribution < 1.29 is 24.0 Å². The van der Waals surface area contributed by atoms with Crippen LogP contribution in [0, 0.1) is 16.0 Å². The normalized spacial score (nSPS) is 15.2. The maximum atomic E-state index is 13.1. The standard InChI is InChI=1S/C24H19N3O6/c1-15-22(24(29)33-19-11-8-17(9-12-19)27(30)31)23(28)26(25-15)18-10-13-21(32-2)20(14-18)16-6-4-3-5-7-16/h3-14,22H,1-2H3. The SMILES string of the molecule is COc1ccc(N2N=C(C)C(C(=O)Oc3ccc([N+](=O)[O-])cc3)C2=O)cc1-c1ccccc1. The maximum absolute atomic E-state index is 13.1. The van der Waals surface area contributed by atoms with E-state index in [1.165, 1.54) is 29.3 Å². The highest BCUT2D eigenvalue weighted by molar-refractivity contribution is 6.25. The molecule has 166 valence electrons. The molecule has 0 bridgehead atoms. The molecule has 33 heavy (non-hydrogen) atoms. The van der Waals surface area contributed by atoms with Gasteiger partial charge < -0.3 is 9.47 Å². The van der Waals surface area contributed by atoms with Crippen LogP contribution in [0.15, 0.2) is 77.9 Å². The average molecular weight is 445 g/mol. The summed E-state index contributed by atoms with van der Waals surface area (Å²) >= 11 is 0. The quantitative estimate of drug-likeness (QED) is 0.185. The summed E-state index contributed by atoms with van der Waals surface area (Å²) in [5.41, 5.74) is 2.30. The van der Waals surface area contributed by atoms with E-state index in [9.17, 15) is 19.7 Å². The lowest BCUT2D eigenvalue weighted by molar-refractivity contribution is -0.384. The smallest absolute Gasteiger partial charge is 0.329 e. The molecule has 0 aliphatic carbocycles. The predicted octanol–water partition coefficient (Wildman–Crippen LogP) is 4.21. The fourth-order valence-electron chi connectivity index (χ4n) is 3.50. The summed E-state index contributed by atoms with van der Waals surface area (Å²) in [5, 5.41) is 16.2. The zero-order valence-electron chi connectivity index (χ0n) is 17.8. The third kappa shape index (κ3) is 4.29. The van der Waals surface area contributed by atoms with Gasteiger partial charge in [0.1, 0.15) is 11.5 Å². The summed E-state index contributed by atoms with van der Waals surface area (Å²) < 4.78 is 10.7. The number of rotatable bonds is 6. The van der Waals surface area contributed by atoms with Crippen LogP contribution < -0.4 is 14.5 Å². The number of anilines is 1. The molecule has 0 radical (unpaired) electrons.